The van der Waals surface area contributed by atoms with Crippen LogP contribution in [0, 0.1) is 12.8 Å². The van der Waals surface area contributed by atoms with Crippen LogP contribution in [0.25, 0.3) is 0 Å². The fraction of sp³-hybridized carbons (Fsp3) is 0.400. The molecule has 0 spiro atoms. The Morgan fingerprint density at radius 1 is 1.62 bits per heavy atom. The zero-order valence-electron chi connectivity index (χ0n) is 7.40. The van der Waals surface area contributed by atoms with Gasteiger partial charge in [-0.05, 0) is 30.9 Å². The van der Waals surface area contributed by atoms with Crippen molar-refractivity contribution in [1.29, 1.82) is 0 Å². The molecule has 1 aromatic rings. The molecule has 0 bridgehead atoms. The van der Waals surface area contributed by atoms with Crippen LogP contribution in [0.3, 0.4) is 0 Å². The number of carbonyl (C=O) groups is 1. The Hall–Kier alpha value is -1.38. The lowest BCUT2D eigenvalue weighted by Crippen LogP contribution is -1.99. The first kappa shape index (κ1) is 8.23. The van der Waals surface area contributed by atoms with Crippen LogP contribution in [0.1, 0.15) is 23.6 Å². The topological polar surface area (TPSA) is 50.2 Å². The fourth-order valence-corrected chi connectivity index (χ4v) is 1.53. The number of hydrogen-bond acceptors (Lipinski definition) is 2. The Morgan fingerprint density at radius 2 is 2.38 bits per heavy atom. The van der Waals surface area contributed by atoms with Crippen LogP contribution in [-0.4, -0.2) is 16.1 Å². The molecule has 1 aliphatic carbocycles. The van der Waals surface area contributed by atoms with Gasteiger partial charge in [-0.2, -0.15) is 0 Å². The molecule has 1 saturated carbocycles. The number of aryl methyl sites for hydroxylation is 1. The van der Waals surface area contributed by atoms with Gasteiger partial charge in [-0.3, -0.25) is 9.78 Å². The maximum atomic E-state index is 10.6. The first-order valence-electron chi connectivity index (χ1n) is 4.34. The second-order valence-electron chi connectivity index (χ2n) is 3.52. The molecule has 1 heterocycles. The van der Waals surface area contributed by atoms with Crippen molar-refractivity contribution in [1.82, 2.24) is 4.98 Å². The van der Waals surface area contributed by atoms with Crippen LogP contribution in [0.2, 0.25) is 0 Å². The first-order valence-corrected chi connectivity index (χ1v) is 4.34. The highest BCUT2D eigenvalue weighted by atomic mass is 16.4. The minimum absolute atomic E-state index is 0.176. The van der Waals surface area contributed by atoms with Gasteiger partial charge in [-0.25, -0.2) is 0 Å². The molecular weight excluding hydrogens is 166 g/mol. The lowest BCUT2D eigenvalue weighted by molar-refractivity contribution is -0.138. The highest BCUT2D eigenvalue weighted by Crippen LogP contribution is 2.47. The summed E-state index contributed by atoms with van der Waals surface area (Å²) in [7, 11) is 0. The molecule has 68 valence electrons. The van der Waals surface area contributed by atoms with Crippen molar-refractivity contribution >= 4 is 5.97 Å². The summed E-state index contributed by atoms with van der Waals surface area (Å²) in [4.78, 5) is 14.7. The lowest BCUT2D eigenvalue weighted by atomic mass is 10.1. The molecule has 1 aliphatic rings. The third-order valence-corrected chi connectivity index (χ3v) is 2.47. The molecule has 3 heteroatoms. The van der Waals surface area contributed by atoms with Crippen molar-refractivity contribution < 1.29 is 9.90 Å². The molecule has 0 unspecified atom stereocenters. The van der Waals surface area contributed by atoms with Gasteiger partial charge in [0.15, 0.2) is 0 Å². The van der Waals surface area contributed by atoms with E-state index in [0.29, 0.717) is 0 Å². The van der Waals surface area contributed by atoms with E-state index in [2.05, 4.69) is 4.98 Å². The van der Waals surface area contributed by atoms with Gasteiger partial charge in [0.2, 0.25) is 0 Å². The first-order chi connectivity index (χ1) is 6.18. The van der Waals surface area contributed by atoms with E-state index >= 15 is 0 Å². The molecule has 0 radical (unpaired) electrons. The summed E-state index contributed by atoms with van der Waals surface area (Å²) in [5.41, 5.74) is 2.02. The summed E-state index contributed by atoms with van der Waals surface area (Å²) in [6.07, 6.45) is 2.54. The number of aliphatic carboxylic acids is 1. The van der Waals surface area contributed by atoms with Gasteiger partial charge < -0.3 is 5.11 Å². The summed E-state index contributed by atoms with van der Waals surface area (Å²) in [5, 5.41) is 8.72. The van der Waals surface area contributed by atoms with Gasteiger partial charge in [0.1, 0.15) is 0 Å². The number of aromatic nitrogens is 1. The van der Waals surface area contributed by atoms with Gasteiger partial charge >= 0.3 is 5.97 Å². The van der Waals surface area contributed by atoms with E-state index < -0.39 is 5.97 Å². The molecule has 0 aromatic carbocycles. The van der Waals surface area contributed by atoms with E-state index in [4.69, 9.17) is 5.11 Å². The summed E-state index contributed by atoms with van der Waals surface area (Å²) < 4.78 is 0. The van der Waals surface area contributed by atoms with Crippen LogP contribution in [-0.2, 0) is 4.79 Å². The number of hydrogen-bond donors (Lipinski definition) is 1. The van der Waals surface area contributed by atoms with Crippen molar-refractivity contribution in [3.8, 4) is 0 Å². The molecule has 1 N–H and O–H groups in total. The Morgan fingerprint density at radius 3 is 2.85 bits per heavy atom. The maximum absolute atomic E-state index is 10.6. The molecule has 0 saturated heterocycles. The SMILES string of the molecule is Cc1ccc([C@H]2C[C@@H]2C(=O)O)cn1. The van der Waals surface area contributed by atoms with E-state index in [1.165, 1.54) is 0 Å². The van der Waals surface area contributed by atoms with Crippen molar-refractivity contribution in [2.45, 2.75) is 19.3 Å². The van der Waals surface area contributed by atoms with E-state index in [-0.39, 0.29) is 11.8 Å². The standard InChI is InChI=1S/C10H11NO2/c1-6-2-3-7(5-11-6)8-4-9(8)10(12)13/h2-3,5,8-9H,4H2,1H3,(H,12,13)/t8-,9+/m1/s1. The molecule has 2 rings (SSSR count). The van der Waals surface area contributed by atoms with Gasteiger partial charge in [-0.1, -0.05) is 6.07 Å². The fourth-order valence-electron chi connectivity index (χ4n) is 1.53. The van der Waals surface area contributed by atoms with Crippen LogP contribution < -0.4 is 0 Å². The summed E-state index contributed by atoms with van der Waals surface area (Å²) in [6.45, 7) is 1.92. The zero-order valence-corrected chi connectivity index (χ0v) is 7.40. The van der Waals surface area contributed by atoms with Crippen LogP contribution in [0.4, 0.5) is 0 Å². The smallest absolute Gasteiger partial charge is 0.307 e. The third kappa shape index (κ3) is 1.54. The minimum Gasteiger partial charge on any atom is -0.481 e. The summed E-state index contributed by atoms with van der Waals surface area (Å²) >= 11 is 0. The lowest BCUT2D eigenvalue weighted by Gasteiger charge is -1.97. The largest absolute Gasteiger partial charge is 0.481 e. The zero-order chi connectivity index (χ0) is 9.42. The maximum Gasteiger partial charge on any atom is 0.307 e. The van der Waals surface area contributed by atoms with Gasteiger partial charge in [0, 0.05) is 11.9 Å². The van der Waals surface area contributed by atoms with Crippen LogP contribution in [0.15, 0.2) is 18.3 Å². The second kappa shape index (κ2) is 2.83. The van der Waals surface area contributed by atoms with Gasteiger partial charge in [0.05, 0.1) is 5.92 Å². The van der Waals surface area contributed by atoms with Crippen LogP contribution >= 0.6 is 0 Å². The summed E-state index contributed by atoms with van der Waals surface area (Å²) in [5.74, 6) is -0.666. The van der Waals surface area contributed by atoms with Crippen molar-refractivity contribution in [3.05, 3.63) is 29.6 Å². The van der Waals surface area contributed by atoms with E-state index in [1.54, 1.807) is 6.20 Å². The molecule has 1 aromatic heterocycles. The van der Waals surface area contributed by atoms with Crippen molar-refractivity contribution in [2.75, 3.05) is 0 Å². The molecule has 0 aliphatic heterocycles. The Bertz CT molecular complexity index is 331. The minimum atomic E-state index is -0.689. The normalized spacial score (nSPS) is 25.6. The highest BCUT2D eigenvalue weighted by molar-refractivity contribution is 5.75. The van der Waals surface area contributed by atoms with Crippen molar-refractivity contribution in [3.63, 3.8) is 0 Å². The van der Waals surface area contributed by atoms with Gasteiger partial charge in [-0.15, -0.1) is 0 Å². The predicted octanol–water partition coefficient (Wildman–Crippen LogP) is 1.58. The number of pyridine rings is 1. The quantitative estimate of drug-likeness (QED) is 0.746. The highest BCUT2D eigenvalue weighted by Gasteiger charge is 2.44. The molecule has 2 atom stereocenters. The second-order valence-corrected chi connectivity index (χ2v) is 3.52. The van der Waals surface area contributed by atoms with Gasteiger partial charge in [0.25, 0.3) is 0 Å². The summed E-state index contributed by atoms with van der Waals surface area (Å²) in [6, 6.07) is 3.89. The van der Waals surface area contributed by atoms with E-state index in [1.807, 2.05) is 19.1 Å². The molecular formula is C10H11NO2. The van der Waals surface area contributed by atoms with Crippen LogP contribution in [0.5, 0.6) is 0 Å². The Labute approximate surface area is 76.4 Å². The Kier molecular flexibility index (Phi) is 1.79. The van der Waals surface area contributed by atoms with E-state index in [9.17, 15) is 4.79 Å². The molecule has 13 heavy (non-hydrogen) atoms. The number of carboxylic acids is 1. The number of carboxylic acid groups (broad SMARTS) is 1. The average molecular weight is 177 g/mol. The average Bonchev–Trinajstić information content (AvgIpc) is 2.85. The number of rotatable bonds is 2. The molecule has 3 nitrogen and oxygen atoms in total. The number of nitrogens with zero attached hydrogens (tertiary/aromatic N) is 1. The monoisotopic (exact) mass is 177 g/mol. The Balaban J connectivity index is 2.12. The molecule has 0 amide bonds. The molecule has 1 fully saturated rings. The predicted molar refractivity (Wildman–Crippen MR) is 47.5 cm³/mol. The van der Waals surface area contributed by atoms with E-state index in [0.717, 1.165) is 17.7 Å². The van der Waals surface area contributed by atoms with Crippen molar-refractivity contribution in [2.24, 2.45) is 5.92 Å². The third-order valence-electron chi connectivity index (χ3n) is 2.47.